The van der Waals surface area contributed by atoms with Crippen molar-refractivity contribution in [2.45, 2.75) is 39.5 Å². The predicted molar refractivity (Wildman–Crippen MR) is 122 cm³/mol. The van der Waals surface area contributed by atoms with E-state index in [1.807, 2.05) is 0 Å². The molecule has 0 radical (unpaired) electrons. The second kappa shape index (κ2) is 7.59. The highest BCUT2D eigenvalue weighted by molar-refractivity contribution is 7.12. The minimum atomic E-state index is -0.932. The number of hydrogen-bond acceptors (Lipinski definition) is 3. The van der Waals surface area contributed by atoms with E-state index in [4.69, 9.17) is 10.1 Å². The molecule has 1 aliphatic rings. The highest BCUT2D eigenvalue weighted by Crippen LogP contribution is 2.42. The molecular formula is C26H23NO2S. The Kier molecular flexibility index (Phi) is 5.09. The molecule has 0 fully saturated rings. The largest absolute Gasteiger partial charge is 0.478 e. The van der Waals surface area contributed by atoms with Gasteiger partial charge in [0.1, 0.15) is 5.01 Å². The molecule has 4 heteroatoms. The van der Waals surface area contributed by atoms with Gasteiger partial charge >= 0.3 is 5.97 Å². The number of aromatic carboxylic acids is 1. The Morgan fingerprint density at radius 1 is 1.07 bits per heavy atom. The summed E-state index contributed by atoms with van der Waals surface area (Å²) in [6.45, 7) is 8.71. The highest BCUT2D eigenvalue weighted by Gasteiger charge is 2.29. The summed E-state index contributed by atoms with van der Waals surface area (Å²) in [6.07, 6.45) is 3.29. The molecule has 3 aromatic rings. The predicted octanol–water partition coefficient (Wildman–Crippen LogP) is 5.97. The van der Waals surface area contributed by atoms with Crippen LogP contribution in [0.3, 0.4) is 0 Å². The first kappa shape index (κ1) is 20.1. The zero-order valence-electron chi connectivity index (χ0n) is 17.5. The Morgan fingerprint density at radius 3 is 2.37 bits per heavy atom. The van der Waals surface area contributed by atoms with Crippen LogP contribution in [-0.4, -0.2) is 16.1 Å². The molecule has 0 amide bonds. The second-order valence-corrected chi connectivity index (χ2v) is 9.46. The minimum Gasteiger partial charge on any atom is -0.478 e. The number of allylic oxidation sites excluding steroid dienone is 1. The van der Waals surface area contributed by atoms with Crippen LogP contribution >= 0.6 is 11.3 Å². The van der Waals surface area contributed by atoms with E-state index in [1.54, 1.807) is 35.6 Å². The van der Waals surface area contributed by atoms with Crippen molar-refractivity contribution in [2.75, 3.05) is 0 Å². The van der Waals surface area contributed by atoms with Crippen molar-refractivity contribution in [3.8, 4) is 11.8 Å². The van der Waals surface area contributed by atoms with Crippen molar-refractivity contribution in [1.82, 2.24) is 4.98 Å². The zero-order valence-corrected chi connectivity index (χ0v) is 18.4. The van der Waals surface area contributed by atoms with Crippen molar-refractivity contribution < 1.29 is 9.90 Å². The van der Waals surface area contributed by atoms with Gasteiger partial charge in [0.2, 0.25) is 0 Å². The number of aromatic nitrogens is 1. The summed E-state index contributed by atoms with van der Waals surface area (Å²) in [4.78, 5) is 17.0. The molecule has 0 saturated carbocycles. The third-order valence-corrected chi connectivity index (χ3v) is 6.70. The van der Waals surface area contributed by atoms with E-state index in [0.29, 0.717) is 0 Å². The van der Waals surface area contributed by atoms with Gasteiger partial charge in [0.25, 0.3) is 0 Å². The molecule has 150 valence electrons. The number of rotatable bonds is 2. The molecule has 3 nitrogen and oxygen atoms in total. The summed E-state index contributed by atoms with van der Waals surface area (Å²) in [6, 6.07) is 13.1. The number of hydrogen-bond donors (Lipinski definition) is 1. The summed E-state index contributed by atoms with van der Waals surface area (Å²) in [5, 5.41) is 10.1. The number of thiazole rings is 1. The van der Waals surface area contributed by atoms with Crippen LogP contribution in [0.25, 0.3) is 5.57 Å². The third-order valence-electron chi connectivity index (χ3n) is 5.60. The van der Waals surface area contributed by atoms with Crippen LogP contribution in [0, 0.1) is 25.7 Å². The summed E-state index contributed by atoms with van der Waals surface area (Å²) < 4.78 is 0. The normalized spacial score (nSPS) is 14.3. The number of aryl methyl sites for hydroxylation is 2. The van der Waals surface area contributed by atoms with Crippen molar-refractivity contribution in [3.63, 3.8) is 0 Å². The number of benzene rings is 2. The van der Waals surface area contributed by atoms with Gasteiger partial charge in [-0.05, 0) is 73.2 Å². The van der Waals surface area contributed by atoms with E-state index in [2.05, 4.69) is 63.8 Å². The lowest BCUT2D eigenvalue weighted by atomic mass is 9.73. The molecule has 1 heterocycles. The van der Waals surface area contributed by atoms with Crippen molar-refractivity contribution in [2.24, 2.45) is 0 Å². The fourth-order valence-electron chi connectivity index (χ4n) is 3.64. The van der Waals surface area contributed by atoms with Gasteiger partial charge in [-0.1, -0.05) is 37.8 Å². The minimum absolute atomic E-state index is 0.0683. The Labute approximate surface area is 181 Å². The van der Waals surface area contributed by atoms with E-state index in [0.717, 1.165) is 28.2 Å². The standard InChI is InChI=1S/C26H23NO2S/c1-16-17(2)30-24(27-16)21-13-14-26(3,4)23-12-9-19(15-22(21)23)6-5-18-7-10-20(11-8-18)25(28)29/h7-13,15H,14H2,1-4H3,(H,28,29). The molecule has 0 bridgehead atoms. The van der Waals surface area contributed by atoms with Gasteiger partial charge in [-0.25, -0.2) is 9.78 Å². The average Bonchev–Trinajstić information content (AvgIpc) is 3.04. The van der Waals surface area contributed by atoms with E-state index >= 15 is 0 Å². The van der Waals surface area contributed by atoms with Gasteiger partial charge in [0.05, 0.1) is 11.3 Å². The Hall–Kier alpha value is -3.16. The lowest BCUT2D eigenvalue weighted by Gasteiger charge is -2.31. The maximum atomic E-state index is 11.0. The molecule has 30 heavy (non-hydrogen) atoms. The Bertz CT molecular complexity index is 1210. The zero-order chi connectivity index (χ0) is 21.5. The van der Waals surface area contributed by atoms with Crippen LogP contribution in [-0.2, 0) is 5.41 Å². The van der Waals surface area contributed by atoms with Gasteiger partial charge in [-0.3, -0.25) is 0 Å². The van der Waals surface area contributed by atoms with Crippen molar-refractivity contribution in [1.29, 1.82) is 0 Å². The van der Waals surface area contributed by atoms with Crippen molar-refractivity contribution in [3.05, 3.63) is 91.9 Å². The molecule has 1 N–H and O–H groups in total. The number of carboxylic acids is 1. The number of fused-ring (bicyclic) bond motifs is 1. The molecular weight excluding hydrogens is 390 g/mol. The van der Waals surface area contributed by atoms with Gasteiger partial charge in [0.15, 0.2) is 0 Å². The van der Waals surface area contributed by atoms with Crippen LogP contribution in [0.15, 0.2) is 48.5 Å². The van der Waals surface area contributed by atoms with Gasteiger partial charge in [0, 0.05) is 21.6 Å². The van der Waals surface area contributed by atoms with Gasteiger partial charge in [-0.15, -0.1) is 11.3 Å². The molecule has 1 aliphatic carbocycles. The first-order chi connectivity index (χ1) is 14.2. The van der Waals surface area contributed by atoms with E-state index in [-0.39, 0.29) is 11.0 Å². The maximum Gasteiger partial charge on any atom is 0.335 e. The average molecular weight is 414 g/mol. The molecule has 0 saturated heterocycles. The smallest absolute Gasteiger partial charge is 0.335 e. The van der Waals surface area contributed by atoms with Crippen molar-refractivity contribution >= 4 is 22.9 Å². The second-order valence-electron chi connectivity index (χ2n) is 8.26. The summed E-state index contributed by atoms with van der Waals surface area (Å²) >= 11 is 1.74. The maximum absolute atomic E-state index is 11.0. The quantitative estimate of drug-likeness (QED) is 0.527. The van der Waals surface area contributed by atoms with Crippen LogP contribution < -0.4 is 0 Å². The van der Waals surface area contributed by atoms with Crippen LogP contribution in [0.2, 0.25) is 0 Å². The molecule has 0 spiro atoms. The van der Waals surface area contributed by atoms with E-state index in [9.17, 15) is 4.79 Å². The fourth-order valence-corrected chi connectivity index (χ4v) is 4.61. The fraction of sp³-hybridized carbons (Fsp3) is 0.231. The monoisotopic (exact) mass is 413 g/mol. The number of carbonyl (C=O) groups is 1. The summed E-state index contributed by atoms with van der Waals surface area (Å²) in [7, 11) is 0. The molecule has 1 aromatic heterocycles. The van der Waals surface area contributed by atoms with Crippen LogP contribution in [0.1, 0.15) is 68.5 Å². The highest BCUT2D eigenvalue weighted by atomic mass is 32.1. The molecule has 0 atom stereocenters. The first-order valence-corrected chi connectivity index (χ1v) is 10.7. The molecule has 2 aromatic carbocycles. The lowest BCUT2D eigenvalue weighted by molar-refractivity contribution is 0.0697. The summed E-state index contributed by atoms with van der Waals surface area (Å²) in [5.74, 6) is 5.45. The Balaban J connectivity index is 1.73. The van der Waals surface area contributed by atoms with Gasteiger partial charge in [-0.2, -0.15) is 0 Å². The topological polar surface area (TPSA) is 50.2 Å². The first-order valence-electron chi connectivity index (χ1n) is 9.89. The number of carboxylic acid groups (broad SMARTS) is 1. The molecule has 0 unspecified atom stereocenters. The molecule has 4 rings (SSSR count). The van der Waals surface area contributed by atoms with E-state index in [1.165, 1.54) is 21.6 Å². The summed E-state index contributed by atoms with van der Waals surface area (Å²) in [5.41, 5.74) is 6.86. The SMILES string of the molecule is Cc1nc(C2=CCC(C)(C)c3ccc(C#Cc4ccc(C(=O)O)cc4)cc32)sc1C. The number of nitrogens with zero attached hydrogens (tertiary/aromatic N) is 1. The lowest BCUT2D eigenvalue weighted by Crippen LogP contribution is -2.21. The molecule has 0 aliphatic heterocycles. The third kappa shape index (κ3) is 3.81. The van der Waals surface area contributed by atoms with Crippen LogP contribution in [0.5, 0.6) is 0 Å². The van der Waals surface area contributed by atoms with Crippen LogP contribution in [0.4, 0.5) is 0 Å². The van der Waals surface area contributed by atoms with E-state index < -0.39 is 5.97 Å². The van der Waals surface area contributed by atoms with Gasteiger partial charge < -0.3 is 5.11 Å². The Morgan fingerprint density at radius 2 is 1.73 bits per heavy atom.